The summed E-state index contributed by atoms with van der Waals surface area (Å²) in [4.78, 5) is 36.6. The number of piperazine rings is 1. The monoisotopic (exact) mass is 511 g/mol. The zero-order chi connectivity index (χ0) is 25.2. The zero-order valence-electron chi connectivity index (χ0n) is 18.6. The van der Waals surface area contributed by atoms with Crippen LogP contribution in [-0.2, 0) is 17.6 Å². The Kier molecular flexibility index (Phi) is 6.96. The molecule has 1 aliphatic heterocycles. The van der Waals surface area contributed by atoms with Crippen molar-refractivity contribution in [3.63, 3.8) is 0 Å². The Morgan fingerprint density at radius 1 is 1.14 bits per heavy atom. The first-order valence-electron chi connectivity index (χ1n) is 10.7. The molecule has 4 rings (SSSR count). The first-order valence-corrected chi connectivity index (χ1v) is 11.0. The maximum atomic E-state index is 12.7. The fourth-order valence-corrected chi connectivity index (χ4v) is 3.78. The molecule has 0 N–H and O–H groups in total. The van der Waals surface area contributed by atoms with E-state index in [4.69, 9.17) is 16.3 Å². The summed E-state index contributed by atoms with van der Waals surface area (Å²) in [5.41, 5.74) is -0.597. The van der Waals surface area contributed by atoms with Crippen molar-refractivity contribution in [2.45, 2.75) is 19.8 Å². The number of ether oxygens (including phenoxy) is 1. The number of nitrogens with zero attached hydrogens (tertiary/aromatic N) is 7. The fraction of sp³-hybridized carbons (Fsp3) is 0.381. The van der Waals surface area contributed by atoms with Crippen LogP contribution in [0.1, 0.15) is 23.0 Å². The molecular formula is C21H21ClF3N7O3. The Balaban J connectivity index is 1.40. The van der Waals surface area contributed by atoms with Gasteiger partial charge in [-0.25, -0.2) is 14.6 Å². The Hall–Kier alpha value is -3.61. The number of anilines is 2. The summed E-state index contributed by atoms with van der Waals surface area (Å²) in [6.45, 7) is 3.88. The first-order chi connectivity index (χ1) is 16.7. The lowest BCUT2D eigenvalue weighted by Gasteiger charge is -2.36. The third kappa shape index (κ3) is 5.56. The first kappa shape index (κ1) is 24.5. The van der Waals surface area contributed by atoms with E-state index >= 15 is 0 Å². The lowest BCUT2D eigenvalue weighted by Crippen LogP contribution is -2.47. The van der Waals surface area contributed by atoms with Crippen molar-refractivity contribution >= 4 is 29.2 Å². The number of hydrogen-bond donors (Lipinski definition) is 0. The molecule has 1 aromatic carbocycles. The van der Waals surface area contributed by atoms with Gasteiger partial charge < -0.3 is 14.5 Å². The van der Waals surface area contributed by atoms with Crippen LogP contribution in [0.2, 0.25) is 5.02 Å². The van der Waals surface area contributed by atoms with Crippen LogP contribution in [0, 0.1) is 0 Å². The van der Waals surface area contributed by atoms with Gasteiger partial charge in [0.05, 0.1) is 17.2 Å². The summed E-state index contributed by atoms with van der Waals surface area (Å²) in [6, 6.07) is 5.98. The zero-order valence-corrected chi connectivity index (χ0v) is 19.3. The molecule has 35 heavy (non-hydrogen) atoms. The standard InChI is InChI=1S/C21H21ClF3N7O3/c1-2-35-18(33)15-11-14(3-4-16(15)22)29-7-9-30(10-8-29)19-26-12-31(20(34)27-19)13-32-6-5-17(28-32)21(23,24)25/h3-6,11-12H,2,7-10,13H2,1H3. The van der Waals surface area contributed by atoms with Crippen LogP contribution < -0.4 is 15.5 Å². The molecular weight excluding hydrogens is 491 g/mol. The van der Waals surface area contributed by atoms with Crippen LogP contribution in [0.3, 0.4) is 0 Å². The largest absolute Gasteiger partial charge is 0.462 e. The second-order valence-electron chi connectivity index (χ2n) is 7.65. The molecule has 10 nitrogen and oxygen atoms in total. The van der Waals surface area contributed by atoms with Crippen molar-refractivity contribution in [2.24, 2.45) is 0 Å². The average Bonchev–Trinajstić information content (AvgIpc) is 3.30. The maximum Gasteiger partial charge on any atom is 0.435 e. The van der Waals surface area contributed by atoms with Crippen LogP contribution in [0.15, 0.2) is 41.6 Å². The van der Waals surface area contributed by atoms with Gasteiger partial charge in [0.25, 0.3) is 0 Å². The van der Waals surface area contributed by atoms with Gasteiger partial charge in [-0.3, -0.25) is 9.25 Å². The predicted octanol–water partition coefficient (Wildman–Crippen LogP) is 2.52. The molecule has 0 radical (unpaired) electrons. The molecule has 1 fully saturated rings. The molecule has 2 aromatic heterocycles. The Labute approximate surface area is 202 Å². The number of aromatic nitrogens is 5. The highest BCUT2D eigenvalue weighted by Gasteiger charge is 2.33. The smallest absolute Gasteiger partial charge is 0.435 e. The van der Waals surface area contributed by atoms with Crippen LogP contribution >= 0.6 is 11.6 Å². The number of rotatable bonds is 6. The highest BCUT2D eigenvalue weighted by atomic mass is 35.5. The Morgan fingerprint density at radius 2 is 1.86 bits per heavy atom. The fourth-order valence-electron chi connectivity index (χ4n) is 3.59. The molecule has 186 valence electrons. The van der Waals surface area contributed by atoms with Gasteiger partial charge in [-0.2, -0.15) is 23.3 Å². The number of halogens is 4. The molecule has 0 amide bonds. The van der Waals surface area contributed by atoms with E-state index in [1.807, 2.05) is 11.0 Å². The molecule has 1 aliphatic rings. The van der Waals surface area contributed by atoms with Gasteiger partial charge in [0.2, 0.25) is 5.95 Å². The summed E-state index contributed by atoms with van der Waals surface area (Å²) in [7, 11) is 0. The highest BCUT2D eigenvalue weighted by Crippen LogP contribution is 2.27. The van der Waals surface area contributed by atoms with E-state index in [0.717, 1.165) is 27.2 Å². The van der Waals surface area contributed by atoms with Gasteiger partial charge in [0.15, 0.2) is 5.69 Å². The molecule has 0 bridgehead atoms. The van der Waals surface area contributed by atoms with Gasteiger partial charge >= 0.3 is 17.8 Å². The summed E-state index contributed by atoms with van der Waals surface area (Å²) in [5, 5.41) is 3.73. The Bertz CT molecular complexity index is 1270. The number of hydrogen-bond acceptors (Lipinski definition) is 8. The topological polar surface area (TPSA) is 98.4 Å². The minimum absolute atomic E-state index is 0.227. The molecule has 0 atom stereocenters. The molecule has 0 spiro atoms. The quantitative estimate of drug-likeness (QED) is 0.466. The third-order valence-corrected chi connectivity index (χ3v) is 5.68. The number of carbonyl (C=O) groups is 1. The van der Waals surface area contributed by atoms with Crippen LogP contribution in [0.25, 0.3) is 0 Å². The molecule has 0 saturated carbocycles. The average molecular weight is 512 g/mol. The summed E-state index contributed by atoms with van der Waals surface area (Å²) in [5.74, 6) is -0.262. The number of esters is 1. The molecule has 3 heterocycles. The summed E-state index contributed by atoms with van der Waals surface area (Å²) < 4.78 is 45.2. The normalized spacial score (nSPS) is 14.3. The molecule has 0 aliphatic carbocycles. The van der Waals surface area contributed by atoms with E-state index < -0.39 is 23.5 Å². The van der Waals surface area contributed by atoms with Crippen molar-refractivity contribution in [3.05, 3.63) is 63.6 Å². The highest BCUT2D eigenvalue weighted by molar-refractivity contribution is 6.33. The number of carbonyl (C=O) groups excluding carboxylic acids is 1. The molecule has 0 unspecified atom stereocenters. The van der Waals surface area contributed by atoms with Crippen molar-refractivity contribution in [3.8, 4) is 0 Å². The molecule has 3 aromatic rings. The lowest BCUT2D eigenvalue weighted by atomic mass is 10.1. The minimum atomic E-state index is -4.56. The van der Waals surface area contributed by atoms with Gasteiger partial charge in [-0.1, -0.05) is 11.6 Å². The van der Waals surface area contributed by atoms with Crippen molar-refractivity contribution in [1.29, 1.82) is 0 Å². The van der Waals surface area contributed by atoms with E-state index in [1.54, 1.807) is 19.1 Å². The van der Waals surface area contributed by atoms with Crippen LogP contribution in [0.5, 0.6) is 0 Å². The lowest BCUT2D eigenvalue weighted by molar-refractivity contribution is -0.141. The summed E-state index contributed by atoms with van der Waals surface area (Å²) in [6.07, 6.45) is -2.20. The van der Waals surface area contributed by atoms with Crippen molar-refractivity contribution in [1.82, 2.24) is 24.3 Å². The third-order valence-electron chi connectivity index (χ3n) is 5.36. The van der Waals surface area contributed by atoms with E-state index in [-0.39, 0.29) is 19.2 Å². The van der Waals surface area contributed by atoms with Gasteiger partial charge in [0, 0.05) is 38.1 Å². The van der Waals surface area contributed by atoms with Crippen molar-refractivity contribution < 1.29 is 22.7 Å². The second kappa shape index (κ2) is 9.94. The second-order valence-corrected chi connectivity index (χ2v) is 8.05. The van der Waals surface area contributed by atoms with Crippen molar-refractivity contribution in [2.75, 3.05) is 42.6 Å². The SMILES string of the molecule is CCOC(=O)c1cc(N2CCN(c3ncn(Cn4ccc(C(F)(F)F)n4)c(=O)n3)CC2)ccc1Cl. The van der Waals surface area contributed by atoms with E-state index in [0.29, 0.717) is 36.8 Å². The number of alkyl halides is 3. The summed E-state index contributed by atoms with van der Waals surface area (Å²) >= 11 is 6.14. The maximum absolute atomic E-state index is 12.7. The van der Waals surface area contributed by atoms with Crippen LogP contribution in [0.4, 0.5) is 24.8 Å². The molecule has 14 heteroatoms. The van der Waals surface area contributed by atoms with Gasteiger partial charge in [-0.15, -0.1) is 0 Å². The number of benzene rings is 1. The van der Waals surface area contributed by atoms with E-state index in [1.165, 1.54) is 6.33 Å². The van der Waals surface area contributed by atoms with E-state index in [2.05, 4.69) is 20.0 Å². The minimum Gasteiger partial charge on any atom is -0.462 e. The van der Waals surface area contributed by atoms with Gasteiger partial charge in [-0.05, 0) is 31.2 Å². The Morgan fingerprint density at radius 3 is 2.49 bits per heavy atom. The predicted molar refractivity (Wildman–Crippen MR) is 121 cm³/mol. The molecule has 1 saturated heterocycles. The van der Waals surface area contributed by atoms with Crippen LogP contribution in [-0.4, -0.2) is 63.1 Å². The van der Waals surface area contributed by atoms with E-state index in [9.17, 15) is 22.8 Å². The van der Waals surface area contributed by atoms with Gasteiger partial charge in [0.1, 0.15) is 13.0 Å².